The van der Waals surface area contributed by atoms with Gasteiger partial charge >= 0.3 is 6.18 Å². The summed E-state index contributed by atoms with van der Waals surface area (Å²) < 4.78 is 41.4. The number of hydrogen-bond acceptors (Lipinski definition) is 2. The van der Waals surface area contributed by atoms with Crippen LogP contribution >= 0.6 is 0 Å². The molecule has 0 aromatic carbocycles. The van der Waals surface area contributed by atoms with Crippen molar-refractivity contribution < 1.29 is 13.2 Å². The highest BCUT2D eigenvalue weighted by Gasteiger charge is 2.57. The van der Waals surface area contributed by atoms with E-state index >= 15 is 0 Å². The second-order valence-electron chi connectivity index (χ2n) is 6.34. The van der Waals surface area contributed by atoms with Crippen molar-refractivity contribution in [1.29, 1.82) is 0 Å². The van der Waals surface area contributed by atoms with Gasteiger partial charge < -0.3 is 4.57 Å². The quantitative estimate of drug-likeness (QED) is 0.834. The normalized spacial score (nSPS) is 26.7. The lowest BCUT2D eigenvalue weighted by atomic mass is 9.58. The second kappa shape index (κ2) is 4.76. The van der Waals surface area contributed by atoms with Crippen molar-refractivity contribution in [3.05, 3.63) is 18.2 Å². The van der Waals surface area contributed by atoms with Crippen molar-refractivity contribution in [2.45, 2.75) is 38.4 Å². The average Bonchev–Trinajstić information content (AvgIpc) is 2.71. The van der Waals surface area contributed by atoms with Gasteiger partial charge in [0.25, 0.3) is 0 Å². The smallest absolute Gasteiger partial charge is 0.340 e. The molecule has 1 saturated heterocycles. The molecule has 1 saturated carbocycles. The van der Waals surface area contributed by atoms with Crippen LogP contribution in [0.5, 0.6) is 0 Å². The Labute approximate surface area is 116 Å². The lowest BCUT2D eigenvalue weighted by Crippen LogP contribution is -2.56. The highest BCUT2D eigenvalue weighted by Crippen LogP contribution is 2.56. The first-order valence-corrected chi connectivity index (χ1v) is 7.15. The molecular weight excluding hydrogens is 267 g/mol. The summed E-state index contributed by atoms with van der Waals surface area (Å²) >= 11 is 0. The van der Waals surface area contributed by atoms with Gasteiger partial charge in [0.2, 0.25) is 0 Å². The molecule has 1 aliphatic carbocycles. The van der Waals surface area contributed by atoms with Crippen LogP contribution in [0.3, 0.4) is 0 Å². The fraction of sp³-hybridized carbons (Fsp3) is 0.786. The maximum absolute atomic E-state index is 13.2. The maximum Gasteiger partial charge on any atom is 0.392 e. The SMILES string of the molecule is Cn1cnc(CN2CCC(C(F)(F)F)C3(CCC3)C2)c1. The van der Waals surface area contributed by atoms with Crippen LogP contribution in [0.25, 0.3) is 0 Å². The minimum atomic E-state index is -4.04. The number of aromatic nitrogens is 2. The molecule has 1 spiro atoms. The largest absolute Gasteiger partial charge is 0.392 e. The first-order chi connectivity index (χ1) is 9.39. The van der Waals surface area contributed by atoms with Crippen molar-refractivity contribution in [2.75, 3.05) is 13.1 Å². The Morgan fingerprint density at radius 3 is 2.65 bits per heavy atom. The molecule has 0 bridgehead atoms. The van der Waals surface area contributed by atoms with Gasteiger partial charge in [-0.3, -0.25) is 4.90 Å². The lowest BCUT2D eigenvalue weighted by Gasteiger charge is -2.54. The molecule has 1 aromatic heterocycles. The predicted molar refractivity (Wildman–Crippen MR) is 68.9 cm³/mol. The number of piperidine rings is 1. The zero-order valence-corrected chi connectivity index (χ0v) is 11.7. The topological polar surface area (TPSA) is 21.1 Å². The third-order valence-electron chi connectivity index (χ3n) is 4.90. The van der Waals surface area contributed by atoms with Crippen molar-refractivity contribution in [1.82, 2.24) is 14.5 Å². The van der Waals surface area contributed by atoms with E-state index in [9.17, 15) is 13.2 Å². The zero-order chi connectivity index (χ0) is 14.4. The third-order valence-corrected chi connectivity index (χ3v) is 4.90. The highest BCUT2D eigenvalue weighted by molar-refractivity contribution is 5.03. The molecule has 6 heteroatoms. The van der Waals surface area contributed by atoms with Crippen LogP contribution in [0, 0.1) is 11.3 Å². The van der Waals surface area contributed by atoms with Gasteiger partial charge in [-0.15, -0.1) is 0 Å². The molecule has 1 atom stereocenters. The van der Waals surface area contributed by atoms with Crippen molar-refractivity contribution in [3.8, 4) is 0 Å². The van der Waals surface area contributed by atoms with Crippen molar-refractivity contribution in [2.24, 2.45) is 18.4 Å². The summed E-state index contributed by atoms with van der Waals surface area (Å²) in [5.74, 6) is -1.11. The molecule has 1 aliphatic heterocycles. The summed E-state index contributed by atoms with van der Waals surface area (Å²) in [7, 11) is 1.90. The number of likely N-dealkylation sites (tertiary alicyclic amines) is 1. The molecule has 2 aliphatic rings. The Balaban J connectivity index is 1.70. The van der Waals surface area contributed by atoms with Crippen LogP contribution in [-0.4, -0.2) is 33.7 Å². The molecule has 1 aromatic rings. The molecule has 20 heavy (non-hydrogen) atoms. The van der Waals surface area contributed by atoms with E-state index in [0.29, 0.717) is 19.6 Å². The van der Waals surface area contributed by atoms with E-state index in [2.05, 4.69) is 9.88 Å². The molecule has 3 nitrogen and oxygen atoms in total. The van der Waals surface area contributed by atoms with E-state index in [4.69, 9.17) is 0 Å². The van der Waals surface area contributed by atoms with E-state index in [1.54, 1.807) is 6.33 Å². The number of rotatable bonds is 2. The number of alkyl halides is 3. The highest BCUT2D eigenvalue weighted by atomic mass is 19.4. The monoisotopic (exact) mass is 287 g/mol. The van der Waals surface area contributed by atoms with Crippen LogP contribution in [0.4, 0.5) is 13.2 Å². The Morgan fingerprint density at radius 2 is 2.15 bits per heavy atom. The molecular formula is C14H20F3N3. The van der Waals surface area contributed by atoms with Gasteiger partial charge in [0.1, 0.15) is 0 Å². The summed E-state index contributed by atoms with van der Waals surface area (Å²) in [6.07, 6.45) is 2.23. The molecule has 112 valence electrons. The van der Waals surface area contributed by atoms with Crippen LogP contribution in [0.15, 0.2) is 12.5 Å². The van der Waals surface area contributed by atoms with Gasteiger partial charge in [0, 0.05) is 26.3 Å². The van der Waals surface area contributed by atoms with Crippen molar-refractivity contribution in [3.63, 3.8) is 0 Å². The molecule has 0 amide bonds. The maximum atomic E-state index is 13.2. The zero-order valence-electron chi connectivity index (χ0n) is 11.7. The average molecular weight is 287 g/mol. The Hall–Kier alpha value is -1.04. The van der Waals surface area contributed by atoms with Crippen LogP contribution in [0.1, 0.15) is 31.4 Å². The van der Waals surface area contributed by atoms with Crippen LogP contribution in [0.2, 0.25) is 0 Å². The number of hydrogen-bond donors (Lipinski definition) is 0. The molecule has 0 N–H and O–H groups in total. The minimum absolute atomic E-state index is 0.232. The summed E-state index contributed by atoms with van der Waals surface area (Å²) in [5, 5.41) is 0. The predicted octanol–water partition coefficient (Wildman–Crippen LogP) is 2.97. The fourth-order valence-corrected chi connectivity index (χ4v) is 3.81. The number of nitrogens with zero attached hydrogens (tertiary/aromatic N) is 3. The summed E-state index contributed by atoms with van der Waals surface area (Å²) in [6, 6.07) is 0. The molecule has 1 unspecified atom stereocenters. The van der Waals surface area contributed by atoms with Gasteiger partial charge in [-0.2, -0.15) is 13.2 Å². The number of imidazole rings is 1. The van der Waals surface area contributed by atoms with E-state index in [0.717, 1.165) is 25.0 Å². The molecule has 2 heterocycles. The molecule has 2 fully saturated rings. The van der Waals surface area contributed by atoms with E-state index in [1.807, 2.05) is 17.8 Å². The first-order valence-electron chi connectivity index (χ1n) is 7.15. The standard InChI is InChI=1S/C14H20F3N3/c1-19-7-11(18-10-19)8-20-6-3-12(14(15,16)17)13(9-20)4-2-5-13/h7,10,12H,2-6,8-9H2,1H3. The molecule has 0 radical (unpaired) electrons. The Kier molecular flexibility index (Phi) is 3.31. The fourth-order valence-electron chi connectivity index (χ4n) is 3.81. The first kappa shape index (κ1) is 13.9. The van der Waals surface area contributed by atoms with Crippen LogP contribution < -0.4 is 0 Å². The van der Waals surface area contributed by atoms with Crippen molar-refractivity contribution >= 4 is 0 Å². The number of aryl methyl sites for hydroxylation is 1. The van der Waals surface area contributed by atoms with Crippen LogP contribution in [-0.2, 0) is 13.6 Å². The Bertz CT molecular complexity index is 476. The number of halogens is 3. The van der Waals surface area contributed by atoms with Gasteiger partial charge in [-0.25, -0.2) is 4.98 Å². The Morgan fingerprint density at radius 1 is 1.40 bits per heavy atom. The van der Waals surface area contributed by atoms with Gasteiger partial charge in [0.05, 0.1) is 17.9 Å². The van der Waals surface area contributed by atoms with Gasteiger partial charge in [-0.1, -0.05) is 6.42 Å². The second-order valence-corrected chi connectivity index (χ2v) is 6.34. The minimum Gasteiger partial charge on any atom is -0.340 e. The van der Waals surface area contributed by atoms with E-state index in [-0.39, 0.29) is 6.42 Å². The third kappa shape index (κ3) is 2.45. The van der Waals surface area contributed by atoms with E-state index < -0.39 is 17.5 Å². The van der Waals surface area contributed by atoms with Gasteiger partial charge in [-0.05, 0) is 31.2 Å². The van der Waals surface area contributed by atoms with E-state index in [1.165, 1.54) is 0 Å². The molecule has 3 rings (SSSR count). The summed E-state index contributed by atoms with van der Waals surface area (Å²) in [4.78, 5) is 6.41. The lowest BCUT2D eigenvalue weighted by molar-refractivity contribution is -0.238. The van der Waals surface area contributed by atoms with Gasteiger partial charge in [0.15, 0.2) is 0 Å². The summed E-state index contributed by atoms with van der Waals surface area (Å²) in [6.45, 7) is 1.74. The summed E-state index contributed by atoms with van der Waals surface area (Å²) in [5.41, 5.74) is 0.415.